The highest BCUT2D eigenvalue weighted by molar-refractivity contribution is 8.00. The van der Waals surface area contributed by atoms with Crippen LogP contribution < -0.4 is 0 Å². The van der Waals surface area contributed by atoms with Crippen molar-refractivity contribution in [3.63, 3.8) is 0 Å². The van der Waals surface area contributed by atoms with Crippen LogP contribution >= 0.6 is 23.1 Å². The van der Waals surface area contributed by atoms with Crippen LogP contribution in [-0.2, 0) is 4.79 Å². The molecule has 114 valence electrons. The summed E-state index contributed by atoms with van der Waals surface area (Å²) in [5, 5.41) is 9.21. The second-order valence-corrected chi connectivity index (χ2v) is 7.47. The number of nitrogens with zero attached hydrogens (tertiary/aromatic N) is 1. The van der Waals surface area contributed by atoms with Crippen molar-refractivity contribution in [3.8, 4) is 0 Å². The van der Waals surface area contributed by atoms with Gasteiger partial charge in [-0.05, 0) is 31.1 Å². The average molecular weight is 325 g/mol. The molecule has 1 atom stereocenters. The van der Waals surface area contributed by atoms with Crippen LogP contribution in [0.4, 0.5) is 0 Å². The Hall–Kier alpha value is -1.27. The number of aryl methyl sites for hydroxylation is 1. The summed E-state index contributed by atoms with van der Waals surface area (Å²) in [6.07, 6.45) is 3.74. The fourth-order valence-electron chi connectivity index (χ4n) is 2.22. The summed E-state index contributed by atoms with van der Waals surface area (Å²) < 4.78 is 0. The van der Waals surface area contributed by atoms with Crippen molar-refractivity contribution >= 4 is 41.1 Å². The van der Waals surface area contributed by atoms with Crippen molar-refractivity contribution in [2.45, 2.75) is 25.5 Å². The van der Waals surface area contributed by atoms with Crippen LogP contribution in [0.5, 0.6) is 0 Å². The van der Waals surface area contributed by atoms with Gasteiger partial charge in [0, 0.05) is 35.0 Å². The number of thiophene rings is 1. The van der Waals surface area contributed by atoms with Gasteiger partial charge in [0.15, 0.2) is 0 Å². The molecular formula is C15H19NO3S2. The normalized spacial score (nSPS) is 19.1. The van der Waals surface area contributed by atoms with Crippen LogP contribution in [0, 0.1) is 6.92 Å². The Bertz CT molecular complexity index is 565. The maximum absolute atomic E-state index is 12.6. The minimum Gasteiger partial charge on any atom is -0.478 e. The summed E-state index contributed by atoms with van der Waals surface area (Å²) >= 11 is 3.30. The molecule has 21 heavy (non-hydrogen) atoms. The second-order valence-electron chi connectivity index (χ2n) is 4.98. The lowest BCUT2D eigenvalue weighted by Crippen LogP contribution is -2.41. The van der Waals surface area contributed by atoms with Gasteiger partial charge in [0.1, 0.15) is 0 Å². The highest BCUT2D eigenvalue weighted by Gasteiger charge is 2.25. The van der Waals surface area contributed by atoms with E-state index in [4.69, 9.17) is 5.11 Å². The predicted molar refractivity (Wildman–Crippen MR) is 88.2 cm³/mol. The summed E-state index contributed by atoms with van der Waals surface area (Å²) in [6.45, 7) is 5.64. The van der Waals surface area contributed by atoms with Gasteiger partial charge in [0.2, 0.25) is 0 Å². The fourth-order valence-corrected chi connectivity index (χ4v) is 4.45. The number of carbonyl (C=O) groups is 2. The van der Waals surface area contributed by atoms with Crippen molar-refractivity contribution in [3.05, 3.63) is 27.5 Å². The SMILES string of the molecule is CCC1CN(C(=O)c2cc(C)c(/C=C/C(=O)O)s2)CCS1. The van der Waals surface area contributed by atoms with Crippen molar-refractivity contribution in [1.29, 1.82) is 0 Å². The Balaban J connectivity index is 2.12. The number of carboxylic acid groups (broad SMARTS) is 1. The Morgan fingerprint density at radius 1 is 1.52 bits per heavy atom. The average Bonchev–Trinajstić information content (AvgIpc) is 2.85. The van der Waals surface area contributed by atoms with Gasteiger partial charge >= 0.3 is 5.97 Å². The summed E-state index contributed by atoms with van der Waals surface area (Å²) in [6, 6.07) is 1.86. The molecule has 1 aliphatic heterocycles. The topological polar surface area (TPSA) is 57.6 Å². The smallest absolute Gasteiger partial charge is 0.328 e. The molecule has 1 aromatic heterocycles. The van der Waals surface area contributed by atoms with Crippen molar-refractivity contribution in [2.24, 2.45) is 0 Å². The molecule has 1 unspecified atom stereocenters. The lowest BCUT2D eigenvalue weighted by molar-refractivity contribution is -0.131. The molecule has 4 nitrogen and oxygen atoms in total. The maximum atomic E-state index is 12.6. The molecule has 6 heteroatoms. The third-order valence-electron chi connectivity index (χ3n) is 3.43. The van der Waals surface area contributed by atoms with Gasteiger partial charge in [-0.2, -0.15) is 11.8 Å². The van der Waals surface area contributed by atoms with E-state index in [2.05, 4.69) is 6.92 Å². The minimum atomic E-state index is -0.977. The zero-order valence-corrected chi connectivity index (χ0v) is 13.8. The molecule has 0 spiro atoms. The molecule has 0 radical (unpaired) electrons. The predicted octanol–water partition coefficient (Wildman–Crippen LogP) is 3.12. The molecular weight excluding hydrogens is 306 g/mol. The zero-order valence-electron chi connectivity index (χ0n) is 12.2. The number of hydrogen-bond acceptors (Lipinski definition) is 4. The van der Waals surface area contributed by atoms with E-state index in [1.807, 2.05) is 29.7 Å². The number of carbonyl (C=O) groups excluding carboxylic acids is 1. The van der Waals surface area contributed by atoms with Crippen molar-refractivity contribution < 1.29 is 14.7 Å². The largest absolute Gasteiger partial charge is 0.478 e. The molecule has 1 N–H and O–H groups in total. The van der Waals surface area contributed by atoms with Gasteiger partial charge < -0.3 is 10.0 Å². The standard InChI is InChI=1S/C15H19NO3S2/c1-3-11-9-16(6-7-20-11)15(19)13-8-10(2)12(21-13)4-5-14(17)18/h4-5,8,11H,3,6-7,9H2,1-2H3,(H,17,18)/b5-4+. The number of hydrogen-bond donors (Lipinski definition) is 1. The van der Waals surface area contributed by atoms with Gasteiger partial charge in [0.25, 0.3) is 5.91 Å². The number of rotatable bonds is 4. The lowest BCUT2D eigenvalue weighted by Gasteiger charge is -2.31. The first-order chi connectivity index (χ1) is 10.0. The van der Waals surface area contributed by atoms with Gasteiger partial charge in [0.05, 0.1) is 4.88 Å². The van der Waals surface area contributed by atoms with Crippen LogP contribution in [0.15, 0.2) is 12.1 Å². The maximum Gasteiger partial charge on any atom is 0.328 e. The summed E-state index contributed by atoms with van der Waals surface area (Å²) in [4.78, 5) is 26.6. The van der Waals surface area contributed by atoms with Gasteiger partial charge in [-0.1, -0.05) is 6.92 Å². The number of aliphatic carboxylic acids is 1. The highest BCUT2D eigenvalue weighted by atomic mass is 32.2. The molecule has 0 aliphatic carbocycles. The first kappa shape index (κ1) is 16.1. The van der Waals surface area contributed by atoms with E-state index in [0.29, 0.717) is 10.1 Å². The van der Waals surface area contributed by atoms with Crippen LogP contribution in [0.25, 0.3) is 6.08 Å². The Morgan fingerprint density at radius 3 is 2.95 bits per heavy atom. The van der Waals surface area contributed by atoms with E-state index in [0.717, 1.165) is 41.8 Å². The molecule has 2 heterocycles. The Kier molecular flexibility index (Phi) is 5.47. The van der Waals surface area contributed by atoms with E-state index >= 15 is 0 Å². The van der Waals surface area contributed by atoms with Gasteiger partial charge in [-0.15, -0.1) is 11.3 Å². The summed E-state index contributed by atoms with van der Waals surface area (Å²) in [5.74, 6) is 0.0757. The third-order valence-corrected chi connectivity index (χ3v) is 5.99. The molecule has 1 aromatic rings. The van der Waals surface area contributed by atoms with Gasteiger partial charge in [-0.25, -0.2) is 4.79 Å². The third kappa shape index (κ3) is 4.11. The lowest BCUT2D eigenvalue weighted by atomic mass is 10.2. The second kappa shape index (κ2) is 7.13. The van der Waals surface area contributed by atoms with Crippen LogP contribution in [0.3, 0.4) is 0 Å². The number of amides is 1. The number of carboxylic acids is 1. The first-order valence-electron chi connectivity index (χ1n) is 6.93. The van der Waals surface area contributed by atoms with Crippen molar-refractivity contribution in [1.82, 2.24) is 4.90 Å². The summed E-state index contributed by atoms with van der Waals surface area (Å²) in [5.41, 5.74) is 0.944. The molecule has 1 aliphatic rings. The van der Waals surface area contributed by atoms with Crippen LogP contribution in [-0.4, -0.2) is 46.0 Å². The molecule has 0 saturated carbocycles. The number of thioether (sulfide) groups is 1. The molecule has 0 aromatic carbocycles. The van der Waals surface area contributed by atoms with E-state index < -0.39 is 5.97 Å². The first-order valence-corrected chi connectivity index (χ1v) is 8.80. The molecule has 1 amide bonds. The Labute approximate surface area is 132 Å². The zero-order chi connectivity index (χ0) is 15.4. The highest BCUT2D eigenvalue weighted by Crippen LogP contribution is 2.27. The summed E-state index contributed by atoms with van der Waals surface area (Å²) in [7, 11) is 0. The molecule has 0 bridgehead atoms. The van der Waals surface area contributed by atoms with E-state index in [1.54, 1.807) is 6.08 Å². The van der Waals surface area contributed by atoms with Crippen LogP contribution in [0.1, 0.15) is 33.5 Å². The van der Waals surface area contributed by atoms with Crippen molar-refractivity contribution in [2.75, 3.05) is 18.8 Å². The van der Waals surface area contributed by atoms with E-state index in [1.165, 1.54) is 11.3 Å². The van der Waals surface area contributed by atoms with E-state index in [-0.39, 0.29) is 5.91 Å². The molecule has 2 rings (SSSR count). The quantitative estimate of drug-likeness (QED) is 0.864. The van der Waals surface area contributed by atoms with Gasteiger partial charge in [-0.3, -0.25) is 4.79 Å². The monoisotopic (exact) mass is 325 g/mol. The van der Waals surface area contributed by atoms with Crippen LogP contribution in [0.2, 0.25) is 0 Å². The van der Waals surface area contributed by atoms with E-state index in [9.17, 15) is 9.59 Å². The fraction of sp³-hybridized carbons (Fsp3) is 0.467. The molecule has 1 fully saturated rings. The molecule has 1 saturated heterocycles. The minimum absolute atomic E-state index is 0.0665. The Morgan fingerprint density at radius 2 is 2.29 bits per heavy atom.